The minimum atomic E-state index is -0.579. The van der Waals surface area contributed by atoms with Gasteiger partial charge in [-0.3, -0.25) is 14.4 Å². The van der Waals surface area contributed by atoms with Gasteiger partial charge in [0.05, 0.1) is 18.0 Å². The van der Waals surface area contributed by atoms with E-state index in [1.807, 2.05) is 9.47 Å². The smallest absolute Gasteiger partial charge is 0.216 e. The number of methoxy groups -OCH3 is 1. The fourth-order valence-corrected chi connectivity index (χ4v) is 6.10. The third-order valence-corrected chi connectivity index (χ3v) is 7.94. The van der Waals surface area contributed by atoms with E-state index < -0.39 is 11.2 Å². The Kier molecular flexibility index (Phi) is 5.50. The molecule has 34 heavy (non-hydrogen) atoms. The third kappa shape index (κ3) is 3.51. The van der Waals surface area contributed by atoms with Crippen molar-refractivity contribution < 1.29 is 23.8 Å². The number of nitrogens with one attached hydrogen (secondary N) is 1. The number of carbonyl (C=O) groups is 2. The van der Waals surface area contributed by atoms with Crippen LogP contribution in [0.3, 0.4) is 0 Å². The van der Waals surface area contributed by atoms with Gasteiger partial charge in [-0.15, -0.1) is 11.3 Å². The first-order valence-electron chi connectivity index (χ1n) is 11.3. The monoisotopic (exact) mass is 487 g/mol. The second-order valence-electron chi connectivity index (χ2n) is 9.12. The molecule has 1 saturated heterocycles. The number of ketones is 1. The molecule has 2 N–H and O–H groups in total. The first kappa shape index (κ1) is 22.6. The molecule has 0 bridgehead atoms. The van der Waals surface area contributed by atoms with E-state index in [-0.39, 0.29) is 50.8 Å². The first-order valence-corrected chi connectivity index (χ1v) is 12.1. The molecule has 180 valence electrons. The van der Waals surface area contributed by atoms with E-state index in [0.29, 0.717) is 35.7 Å². The topological polar surface area (TPSA) is 101 Å². The number of aromatic hydroxyl groups is 1. The van der Waals surface area contributed by atoms with Crippen molar-refractivity contribution >= 4 is 49.8 Å². The van der Waals surface area contributed by atoms with Crippen LogP contribution in [0.4, 0.5) is 10.1 Å². The number of thiophene rings is 1. The van der Waals surface area contributed by atoms with Crippen molar-refractivity contribution in [1.82, 2.24) is 9.88 Å². The molecule has 2 aromatic heterocycles. The summed E-state index contributed by atoms with van der Waals surface area (Å²) in [5.41, 5.74) is 0.262. The van der Waals surface area contributed by atoms with E-state index in [1.165, 1.54) is 27.0 Å². The summed E-state index contributed by atoms with van der Waals surface area (Å²) in [5.74, 6) is -0.898. The number of amides is 1. The Hall–Kier alpha value is -3.14. The molecular formula is C24H26FN3O5S. The summed E-state index contributed by atoms with van der Waals surface area (Å²) in [6, 6.07) is 1.29. The number of nitrogens with zero attached hydrogens (tertiary/aromatic N) is 2. The molecule has 1 saturated carbocycles. The largest absolute Gasteiger partial charge is 0.505 e. The average molecular weight is 488 g/mol. The Bertz CT molecular complexity index is 1410. The van der Waals surface area contributed by atoms with Crippen molar-refractivity contribution in [1.29, 1.82) is 0 Å². The van der Waals surface area contributed by atoms with Gasteiger partial charge >= 0.3 is 0 Å². The van der Waals surface area contributed by atoms with Gasteiger partial charge in [0.1, 0.15) is 20.8 Å². The lowest BCUT2D eigenvalue weighted by Gasteiger charge is -2.25. The van der Waals surface area contributed by atoms with E-state index >= 15 is 4.39 Å². The molecule has 0 spiro atoms. The van der Waals surface area contributed by atoms with Crippen LogP contribution in [-0.2, 0) is 4.79 Å². The van der Waals surface area contributed by atoms with Crippen molar-refractivity contribution in [2.45, 2.75) is 39.2 Å². The molecule has 1 atom stereocenters. The van der Waals surface area contributed by atoms with Crippen LogP contribution in [-0.4, -0.2) is 48.1 Å². The van der Waals surface area contributed by atoms with Gasteiger partial charge < -0.3 is 24.6 Å². The Labute approximate surface area is 198 Å². The molecule has 1 amide bonds. The number of fused-ring (bicyclic) bond motifs is 2. The van der Waals surface area contributed by atoms with Crippen molar-refractivity contribution in [2.75, 3.05) is 31.6 Å². The lowest BCUT2D eigenvalue weighted by atomic mass is 10.1. The maximum atomic E-state index is 15.6. The summed E-state index contributed by atoms with van der Waals surface area (Å²) in [6.45, 7) is 4.46. The molecule has 0 radical (unpaired) electrons. The van der Waals surface area contributed by atoms with Crippen LogP contribution in [0.25, 0.3) is 21.1 Å². The van der Waals surface area contributed by atoms with Gasteiger partial charge in [0.2, 0.25) is 11.3 Å². The fourth-order valence-electron chi connectivity index (χ4n) is 4.94. The van der Waals surface area contributed by atoms with Crippen LogP contribution in [0.5, 0.6) is 11.5 Å². The maximum absolute atomic E-state index is 15.6. The predicted octanol–water partition coefficient (Wildman–Crippen LogP) is 3.57. The highest BCUT2D eigenvalue weighted by Gasteiger charge is 2.35. The molecule has 1 aliphatic carbocycles. The molecule has 2 aliphatic rings. The van der Waals surface area contributed by atoms with Crippen LogP contribution in [0.15, 0.2) is 10.9 Å². The summed E-state index contributed by atoms with van der Waals surface area (Å²) in [4.78, 5) is 39.3. The van der Waals surface area contributed by atoms with Crippen LogP contribution in [0.2, 0.25) is 0 Å². The molecule has 1 unspecified atom stereocenters. The lowest BCUT2D eigenvalue weighted by Crippen LogP contribution is -2.29. The second-order valence-corrected chi connectivity index (χ2v) is 10.1. The quantitative estimate of drug-likeness (QED) is 0.516. The van der Waals surface area contributed by atoms with Crippen molar-refractivity contribution in [3.05, 3.63) is 27.0 Å². The number of hydrogen-bond acceptors (Lipinski definition) is 7. The minimum Gasteiger partial charge on any atom is -0.505 e. The Morgan fingerprint density at radius 2 is 2.03 bits per heavy atom. The number of rotatable bonds is 6. The van der Waals surface area contributed by atoms with Crippen LogP contribution in [0.1, 0.15) is 48.8 Å². The number of benzene rings is 1. The molecular weight excluding hydrogens is 461 g/mol. The Morgan fingerprint density at radius 1 is 1.29 bits per heavy atom. The van der Waals surface area contributed by atoms with Gasteiger partial charge in [0.25, 0.3) is 0 Å². The number of Topliss-reactive ketones (excluding diaryl/α,β-unsaturated/α-hetero) is 1. The van der Waals surface area contributed by atoms with Crippen LogP contribution < -0.4 is 20.4 Å². The molecule has 2 fully saturated rings. The van der Waals surface area contributed by atoms with Gasteiger partial charge in [0.15, 0.2) is 23.1 Å². The van der Waals surface area contributed by atoms with Crippen LogP contribution >= 0.6 is 11.3 Å². The molecule has 3 heterocycles. The van der Waals surface area contributed by atoms with Gasteiger partial charge in [-0.25, -0.2) is 4.39 Å². The zero-order chi connectivity index (χ0) is 24.3. The van der Waals surface area contributed by atoms with Crippen molar-refractivity contribution in [3.8, 4) is 11.5 Å². The minimum absolute atomic E-state index is 0.0559. The molecule has 1 aliphatic heterocycles. The molecule has 5 rings (SSSR count). The number of anilines is 1. The number of ether oxygens (including phenoxy) is 1. The Balaban J connectivity index is 1.74. The second kappa shape index (κ2) is 8.26. The highest BCUT2D eigenvalue weighted by atomic mass is 32.1. The summed E-state index contributed by atoms with van der Waals surface area (Å²) >= 11 is 1.09. The molecule has 10 heteroatoms. The fraction of sp³-hybridized carbons (Fsp3) is 0.458. The molecule has 1 aromatic carbocycles. The summed E-state index contributed by atoms with van der Waals surface area (Å²) < 4.78 is 23.3. The lowest BCUT2D eigenvalue weighted by molar-refractivity contribution is -0.119. The standard InChI is InChI=1S/C24H26FN3O5S/c1-11(29)23-21(32)17-20(31)15-8-16(25)19(27-7-6-13(10-27)9-26-12(2)30)22(33-3)18(15)28(14-4-5-14)24(17)34-23/h8,13-14,32H,4-7,9-10H2,1-3H3,(H,26,30). The summed E-state index contributed by atoms with van der Waals surface area (Å²) in [5, 5.41) is 13.7. The zero-order valence-corrected chi connectivity index (χ0v) is 20.1. The zero-order valence-electron chi connectivity index (χ0n) is 19.2. The predicted molar refractivity (Wildman–Crippen MR) is 129 cm³/mol. The first-order chi connectivity index (χ1) is 16.2. The van der Waals surface area contributed by atoms with E-state index in [0.717, 1.165) is 30.6 Å². The van der Waals surface area contributed by atoms with Crippen molar-refractivity contribution in [2.24, 2.45) is 5.92 Å². The summed E-state index contributed by atoms with van der Waals surface area (Å²) in [7, 11) is 1.46. The van der Waals surface area contributed by atoms with E-state index in [1.54, 1.807) is 0 Å². The van der Waals surface area contributed by atoms with Crippen molar-refractivity contribution in [3.63, 3.8) is 0 Å². The van der Waals surface area contributed by atoms with Crippen LogP contribution in [0, 0.1) is 11.7 Å². The molecule has 3 aromatic rings. The Morgan fingerprint density at radius 3 is 2.65 bits per heavy atom. The number of aromatic nitrogens is 1. The normalized spacial score (nSPS) is 18.1. The number of pyridine rings is 1. The highest BCUT2D eigenvalue weighted by molar-refractivity contribution is 7.21. The van der Waals surface area contributed by atoms with E-state index in [4.69, 9.17) is 4.74 Å². The molecule has 8 nitrogen and oxygen atoms in total. The third-order valence-electron chi connectivity index (χ3n) is 6.66. The van der Waals surface area contributed by atoms with E-state index in [9.17, 15) is 19.5 Å². The maximum Gasteiger partial charge on any atom is 0.216 e. The number of halogens is 1. The average Bonchev–Trinajstić information content (AvgIpc) is 3.40. The summed E-state index contributed by atoms with van der Waals surface area (Å²) in [6.07, 6.45) is 2.54. The number of hydrogen-bond donors (Lipinski definition) is 2. The SMILES string of the molecule is COc1c(N2CCC(CNC(C)=O)C2)c(F)cc2c(=O)c3c(O)c(C(C)=O)sc3n(C3CC3)c12. The van der Waals surface area contributed by atoms with Gasteiger partial charge in [-0.2, -0.15) is 0 Å². The van der Waals surface area contributed by atoms with E-state index in [2.05, 4.69) is 5.32 Å². The highest BCUT2D eigenvalue weighted by Crippen LogP contribution is 2.48. The number of carbonyl (C=O) groups excluding carboxylic acids is 2. The van der Waals surface area contributed by atoms with Gasteiger partial charge in [-0.05, 0) is 31.2 Å². The van der Waals surface area contributed by atoms with Gasteiger partial charge in [-0.1, -0.05) is 0 Å². The van der Waals surface area contributed by atoms with Gasteiger partial charge in [0, 0.05) is 39.5 Å².